The fraction of sp³-hybridized carbons (Fsp3) is 0.409. The number of sulfonamides is 1. The first-order valence-electron chi connectivity index (χ1n) is 10.7. The van der Waals surface area contributed by atoms with Gasteiger partial charge in [-0.1, -0.05) is 25.1 Å². The lowest BCUT2D eigenvalue weighted by Gasteiger charge is -2.20. The smallest absolute Gasteiger partial charge is 0.243 e. The number of nitrogens with one attached hydrogen (secondary N) is 1. The van der Waals surface area contributed by atoms with Crippen LogP contribution in [-0.4, -0.2) is 48.0 Å². The van der Waals surface area contributed by atoms with E-state index in [1.54, 1.807) is 19.9 Å². The lowest BCUT2D eigenvalue weighted by molar-refractivity contribution is -0.116. The summed E-state index contributed by atoms with van der Waals surface area (Å²) in [6, 6.07) is 8.28. The molecule has 0 aliphatic heterocycles. The number of anilines is 1. The minimum atomic E-state index is -3.68. The molecule has 0 saturated heterocycles. The summed E-state index contributed by atoms with van der Waals surface area (Å²) in [4.78, 5) is 17.9. The number of aryl methyl sites for hydroxylation is 1. The highest BCUT2D eigenvalue weighted by atomic mass is 32.2. The Labute approximate surface area is 197 Å². The highest BCUT2D eigenvalue weighted by Crippen LogP contribution is 2.30. The van der Waals surface area contributed by atoms with Crippen LogP contribution < -0.4 is 10.1 Å². The number of hydrogen-bond acceptors (Lipinski definition) is 8. The maximum absolute atomic E-state index is 12.9. The summed E-state index contributed by atoms with van der Waals surface area (Å²) in [6.07, 6.45) is 0.183. The van der Waals surface area contributed by atoms with Crippen LogP contribution >= 0.6 is 11.3 Å². The van der Waals surface area contributed by atoms with Crippen LogP contribution in [0.25, 0.3) is 10.7 Å². The molecule has 11 heteroatoms. The van der Waals surface area contributed by atoms with Gasteiger partial charge in [0, 0.05) is 25.9 Å². The Morgan fingerprint density at radius 1 is 1.24 bits per heavy atom. The quantitative estimate of drug-likeness (QED) is 0.427. The van der Waals surface area contributed by atoms with Crippen molar-refractivity contribution in [3.8, 4) is 16.5 Å². The predicted molar refractivity (Wildman–Crippen MR) is 127 cm³/mol. The summed E-state index contributed by atoms with van der Waals surface area (Å²) >= 11 is 1.50. The summed E-state index contributed by atoms with van der Waals surface area (Å²) in [5, 5.41) is 8.63. The molecule has 9 nitrogen and oxygen atoms in total. The van der Waals surface area contributed by atoms with E-state index in [9.17, 15) is 13.2 Å². The lowest BCUT2D eigenvalue weighted by atomic mass is 10.2. The van der Waals surface area contributed by atoms with Gasteiger partial charge in [-0.15, -0.1) is 11.3 Å². The number of aromatic nitrogens is 2. The molecule has 1 aromatic carbocycles. The molecule has 1 amide bonds. The van der Waals surface area contributed by atoms with Gasteiger partial charge < -0.3 is 14.6 Å². The first-order valence-corrected chi connectivity index (χ1v) is 13.0. The van der Waals surface area contributed by atoms with E-state index in [1.165, 1.54) is 27.8 Å². The number of ether oxygens (including phenoxy) is 1. The van der Waals surface area contributed by atoms with Gasteiger partial charge in [0.25, 0.3) is 0 Å². The first kappa shape index (κ1) is 24.9. The van der Waals surface area contributed by atoms with E-state index >= 15 is 0 Å². The third kappa shape index (κ3) is 6.18. The normalized spacial score (nSPS) is 11.8. The molecule has 0 fully saturated rings. The Morgan fingerprint density at radius 2 is 2.00 bits per heavy atom. The number of carbonyl (C=O) groups is 1. The van der Waals surface area contributed by atoms with Crippen LogP contribution in [0.2, 0.25) is 0 Å². The van der Waals surface area contributed by atoms with Crippen LogP contribution in [0.4, 0.5) is 5.69 Å². The first-order chi connectivity index (χ1) is 15.7. The number of benzene rings is 1. The average molecular weight is 493 g/mol. The topological polar surface area (TPSA) is 115 Å². The second-order valence-electron chi connectivity index (χ2n) is 7.45. The van der Waals surface area contributed by atoms with E-state index in [0.29, 0.717) is 36.2 Å². The molecule has 0 radical (unpaired) electrons. The van der Waals surface area contributed by atoms with E-state index < -0.39 is 10.0 Å². The summed E-state index contributed by atoms with van der Waals surface area (Å²) in [7, 11) is -3.68. The van der Waals surface area contributed by atoms with E-state index in [0.717, 1.165) is 4.88 Å². The summed E-state index contributed by atoms with van der Waals surface area (Å²) in [5.41, 5.74) is 0.298. The Bertz CT molecular complexity index is 1170. The molecule has 178 valence electrons. The van der Waals surface area contributed by atoms with Crippen molar-refractivity contribution in [3.63, 3.8) is 0 Å². The number of hydrogen-bond donors (Lipinski definition) is 1. The molecule has 1 N–H and O–H groups in total. The van der Waals surface area contributed by atoms with Crippen molar-refractivity contribution < 1.29 is 22.5 Å². The lowest BCUT2D eigenvalue weighted by Crippen LogP contribution is -2.30. The van der Waals surface area contributed by atoms with Gasteiger partial charge in [0.2, 0.25) is 27.6 Å². The zero-order valence-corrected chi connectivity index (χ0v) is 20.7. The summed E-state index contributed by atoms with van der Waals surface area (Å²) in [6.45, 7) is 7.97. The Hall–Kier alpha value is -2.76. The molecule has 0 spiro atoms. The van der Waals surface area contributed by atoms with E-state index in [-0.39, 0.29) is 29.7 Å². The molecule has 3 rings (SSSR count). The van der Waals surface area contributed by atoms with E-state index in [2.05, 4.69) is 15.5 Å². The molecular formula is C22H28N4O5S2. The van der Waals surface area contributed by atoms with Gasteiger partial charge >= 0.3 is 0 Å². The minimum absolute atomic E-state index is 0.0835. The third-order valence-electron chi connectivity index (χ3n) is 4.71. The Kier molecular flexibility index (Phi) is 8.22. The van der Waals surface area contributed by atoms with Gasteiger partial charge in [-0.25, -0.2) is 8.42 Å². The molecule has 0 aliphatic carbocycles. The van der Waals surface area contributed by atoms with Crippen molar-refractivity contribution in [3.05, 3.63) is 41.6 Å². The summed E-state index contributed by atoms with van der Waals surface area (Å²) in [5.74, 6) is 0.916. The maximum atomic E-state index is 12.9. The fourth-order valence-corrected chi connectivity index (χ4v) is 5.27. The van der Waals surface area contributed by atoms with Crippen molar-refractivity contribution in [2.24, 2.45) is 0 Å². The van der Waals surface area contributed by atoms with Gasteiger partial charge in [0.1, 0.15) is 5.75 Å². The Balaban J connectivity index is 1.75. The molecule has 0 unspecified atom stereocenters. The van der Waals surface area contributed by atoms with Gasteiger partial charge in [-0.05, 0) is 43.5 Å². The van der Waals surface area contributed by atoms with Crippen LogP contribution in [0, 0.1) is 0 Å². The third-order valence-corrected chi connectivity index (χ3v) is 7.62. The zero-order valence-electron chi connectivity index (χ0n) is 19.1. The van der Waals surface area contributed by atoms with E-state index in [1.807, 2.05) is 31.4 Å². The highest BCUT2D eigenvalue weighted by molar-refractivity contribution is 7.89. The zero-order chi connectivity index (χ0) is 24.0. The molecule has 0 aliphatic rings. The number of nitrogens with zero attached hydrogens (tertiary/aromatic N) is 3. The summed E-state index contributed by atoms with van der Waals surface area (Å²) < 4.78 is 38.2. The predicted octanol–water partition coefficient (Wildman–Crippen LogP) is 4.19. The molecule has 0 bridgehead atoms. The monoisotopic (exact) mass is 492 g/mol. The highest BCUT2D eigenvalue weighted by Gasteiger charge is 2.23. The number of amides is 1. The van der Waals surface area contributed by atoms with Crippen LogP contribution in [0.3, 0.4) is 0 Å². The van der Waals surface area contributed by atoms with Gasteiger partial charge in [0.05, 0.1) is 21.6 Å². The largest absolute Gasteiger partial charge is 0.489 e. The van der Waals surface area contributed by atoms with Crippen LogP contribution in [0.15, 0.2) is 45.1 Å². The second-order valence-corrected chi connectivity index (χ2v) is 10.3. The SMILES string of the molecule is CCN(CC)S(=O)(=O)c1ccc(OC(C)C)c(NC(=O)CCc2nc(-c3cccs3)no2)c1. The standard InChI is InChI=1S/C22H28N4O5S2/c1-5-26(6-2)33(28,29)16-9-10-18(30-15(3)4)17(14-16)23-20(27)11-12-21-24-22(25-31-21)19-8-7-13-32-19/h7-10,13-15H,5-6,11-12H2,1-4H3,(H,23,27). The van der Waals surface area contributed by atoms with Gasteiger partial charge in [0.15, 0.2) is 0 Å². The molecule has 2 aromatic heterocycles. The second kappa shape index (κ2) is 10.9. The van der Waals surface area contributed by atoms with Crippen LogP contribution in [0.1, 0.15) is 40.0 Å². The molecule has 0 saturated carbocycles. The van der Waals surface area contributed by atoms with Crippen molar-refractivity contribution in [2.75, 3.05) is 18.4 Å². The number of thiophene rings is 1. The van der Waals surface area contributed by atoms with Crippen molar-refractivity contribution >= 4 is 33.0 Å². The average Bonchev–Trinajstić information content (AvgIpc) is 3.45. The van der Waals surface area contributed by atoms with E-state index in [4.69, 9.17) is 9.26 Å². The van der Waals surface area contributed by atoms with Crippen molar-refractivity contribution in [2.45, 2.75) is 51.5 Å². The Morgan fingerprint density at radius 3 is 2.64 bits per heavy atom. The van der Waals surface area contributed by atoms with Crippen molar-refractivity contribution in [1.82, 2.24) is 14.4 Å². The number of rotatable bonds is 11. The van der Waals surface area contributed by atoms with Crippen LogP contribution in [0.5, 0.6) is 5.75 Å². The fourth-order valence-electron chi connectivity index (χ4n) is 3.13. The van der Waals surface area contributed by atoms with Gasteiger partial charge in [-0.2, -0.15) is 9.29 Å². The molecular weight excluding hydrogens is 464 g/mol. The maximum Gasteiger partial charge on any atom is 0.243 e. The molecule has 3 aromatic rings. The number of carbonyl (C=O) groups excluding carboxylic acids is 1. The van der Waals surface area contributed by atoms with Crippen LogP contribution in [-0.2, 0) is 21.2 Å². The molecule has 2 heterocycles. The van der Waals surface area contributed by atoms with Crippen molar-refractivity contribution in [1.29, 1.82) is 0 Å². The minimum Gasteiger partial charge on any atom is -0.489 e. The molecule has 33 heavy (non-hydrogen) atoms. The van der Waals surface area contributed by atoms with Gasteiger partial charge in [-0.3, -0.25) is 4.79 Å². The molecule has 0 atom stereocenters.